The zero-order valence-electron chi connectivity index (χ0n) is 12.3. The van der Waals surface area contributed by atoms with Crippen LogP contribution in [0, 0.1) is 0 Å². The second-order valence-electron chi connectivity index (χ2n) is 4.38. The van der Waals surface area contributed by atoms with Gasteiger partial charge in [0.05, 0.1) is 0 Å². The van der Waals surface area contributed by atoms with Crippen molar-refractivity contribution >= 4 is 17.8 Å². The molecule has 2 nitrogen and oxygen atoms in total. The standard InChI is InChI=1S/C17H20N2.Cu.HI/c1-3-19(4-2)17-9-7-15(8-10-17)5-6-16-11-13-18-14-12-16;;/h5-14H,3-4H2,1-2H3;;1H/q;+2;/p-1/b6-5+;;. The van der Waals surface area contributed by atoms with E-state index in [0.29, 0.717) is 0 Å². The molecule has 2 aromatic rings. The molecule has 0 bridgehead atoms. The molecule has 0 aliphatic carbocycles. The summed E-state index contributed by atoms with van der Waals surface area (Å²) in [5.41, 5.74) is 3.67. The van der Waals surface area contributed by atoms with Gasteiger partial charge in [-0.25, -0.2) is 0 Å². The summed E-state index contributed by atoms with van der Waals surface area (Å²) in [6, 6.07) is 12.7. The molecule has 0 aliphatic rings. The van der Waals surface area contributed by atoms with Gasteiger partial charge in [-0.2, -0.15) is 0 Å². The Hall–Kier alpha value is -0.841. The third-order valence-electron chi connectivity index (χ3n) is 3.20. The molecule has 1 aromatic heterocycles. The van der Waals surface area contributed by atoms with Gasteiger partial charge in [0.2, 0.25) is 0 Å². The van der Waals surface area contributed by atoms with Gasteiger partial charge in [0.15, 0.2) is 0 Å². The third-order valence-corrected chi connectivity index (χ3v) is 3.20. The van der Waals surface area contributed by atoms with Crippen LogP contribution < -0.4 is 28.9 Å². The van der Waals surface area contributed by atoms with E-state index in [4.69, 9.17) is 0 Å². The number of nitrogens with zero attached hydrogens (tertiary/aromatic N) is 2. The van der Waals surface area contributed by atoms with Crippen molar-refractivity contribution in [3.63, 3.8) is 0 Å². The Morgan fingerprint density at radius 2 is 1.33 bits per heavy atom. The van der Waals surface area contributed by atoms with Crippen molar-refractivity contribution in [1.29, 1.82) is 0 Å². The first kappa shape index (κ1) is 20.2. The average Bonchev–Trinajstić information content (AvgIpc) is 2.49. The Balaban J connectivity index is 0.00000200. The van der Waals surface area contributed by atoms with Crippen molar-refractivity contribution in [2.45, 2.75) is 13.8 Å². The topological polar surface area (TPSA) is 16.1 Å². The predicted molar refractivity (Wildman–Crippen MR) is 83.2 cm³/mol. The minimum atomic E-state index is 0. The van der Waals surface area contributed by atoms with E-state index >= 15 is 0 Å². The van der Waals surface area contributed by atoms with Gasteiger partial charge in [-0.15, -0.1) is 0 Å². The Morgan fingerprint density at radius 1 is 0.857 bits per heavy atom. The summed E-state index contributed by atoms with van der Waals surface area (Å²) in [6.07, 6.45) is 7.85. The van der Waals surface area contributed by atoms with Crippen LogP contribution in [0.25, 0.3) is 12.2 Å². The molecule has 0 saturated carbocycles. The minimum absolute atomic E-state index is 0. The largest absolute Gasteiger partial charge is 2.00 e. The van der Waals surface area contributed by atoms with Crippen molar-refractivity contribution < 1.29 is 41.0 Å². The normalized spacial score (nSPS) is 9.81. The number of benzene rings is 1. The summed E-state index contributed by atoms with van der Waals surface area (Å²) >= 11 is 0. The van der Waals surface area contributed by atoms with Crippen LogP contribution in [-0.4, -0.2) is 18.1 Å². The fourth-order valence-electron chi connectivity index (χ4n) is 2.05. The first-order valence-electron chi connectivity index (χ1n) is 6.76. The minimum Gasteiger partial charge on any atom is -1.00 e. The molecule has 0 saturated heterocycles. The van der Waals surface area contributed by atoms with Crippen molar-refractivity contribution in [3.8, 4) is 0 Å². The number of hydrogen-bond donors (Lipinski definition) is 0. The molecule has 1 heterocycles. The van der Waals surface area contributed by atoms with Gasteiger partial charge in [-0.05, 0) is 49.2 Å². The van der Waals surface area contributed by atoms with Crippen LogP contribution in [0.15, 0.2) is 48.8 Å². The molecule has 1 radical (unpaired) electrons. The third kappa shape index (κ3) is 6.20. The summed E-state index contributed by atoms with van der Waals surface area (Å²) in [4.78, 5) is 6.35. The van der Waals surface area contributed by atoms with E-state index in [9.17, 15) is 0 Å². The van der Waals surface area contributed by atoms with E-state index in [1.807, 2.05) is 24.5 Å². The second kappa shape index (κ2) is 10.8. The van der Waals surface area contributed by atoms with Gasteiger partial charge in [0, 0.05) is 31.2 Å². The van der Waals surface area contributed by atoms with E-state index in [1.165, 1.54) is 16.8 Å². The van der Waals surface area contributed by atoms with Crippen LogP contribution in [0.4, 0.5) is 5.69 Å². The summed E-state index contributed by atoms with van der Waals surface area (Å²) in [5, 5.41) is 0. The molecule has 1 aromatic carbocycles. The SMILES string of the molecule is CCN(CC)c1ccc(/C=C/c2ccncc2)cc1.[Cu+2].[I-]. The summed E-state index contributed by atoms with van der Waals surface area (Å²) < 4.78 is 0. The summed E-state index contributed by atoms with van der Waals surface area (Å²) in [6.45, 7) is 6.45. The van der Waals surface area contributed by atoms with Gasteiger partial charge >= 0.3 is 17.1 Å². The Bertz CT molecular complexity index is 522. The molecular weight excluding hydrogens is 423 g/mol. The van der Waals surface area contributed by atoms with E-state index in [0.717, 1.165) is 13.1 Å². The maximum atomic E-state index is 4.01. The van der Waals surface area contributed by atoms with Gasteiger partial charge in [-0.3, -0.25) is 4.98 Å². The molecule has 115 valence electrons. The van der Waals surface area contributed by atoms with E-state index in [2.05, 4.69) is 60.1 Å². The van der Waals surface area contributed by atoms with Crippen LogP contribution >= 0.6 is 0 Å². The molecule has 0 fully saturated rings. The van der Waals surface area contributed by atoms with Crippen LogP contribution in [0.3, 0.4) is 0 Å². The average molecular weight is 443 g/mol. The fourth-order valence-corrected chi connectivity index (χ4v) is 2.05. The Kier molecular flexibility index (Phi) is 10.4. The van der Waals surface area contributed by atoms with Crippen LogP contribution in [-0.2, 0) is 17.1 Å². The van der Waals surface area contributed by atoms with Crippen LogP contribution in [0.2, 0.25) is 0 Å². The zero-order valence-corrected chi connectivity index (χ0v) is 15.4. The van der Waals surface area contributed by atoms with Crippen LogP contribution in [0.5, 0.6) is 0 Å². The molecule has 0 atom stereocenters. The van der Waals surface area contributed by atoms with Gasteiger partial charge in [0.1, 0.15) is 0 Å². The monoisotopic (exact) mass is 442 g/mol. The van der Waals surface area contributed by atoms with Crippen molar-refractivity contribution in [2.75, 3.05) is 18.0 Å². The maximum Gasteiger partial charge on any atom is 2.00 e. The van der Waals surface area contributed by atoms with Crippen molar-refractivity contribution in [3.05, 3.63) is 59.9 Å². The maximum absolute atomic E-state index is 4.01. The van der Waals surface area contributed by atoms with Gasteiger partial charge in [0.25, 0.3) is 0 Å². The molecule has 0 spiro atoms. The van der Waals surface area contributed by atoms with E-state index in [1.54, 1.807) is 0 Å². The summed E-state index contributed by atoms with van der Waals surface area (Å²) in [5.74, 6) is 0. The molecular formula is C17H20CuIN2+. The fraction of sp³-hybridized carbons (Fsp3) is 0.235. The first-order chi connectivity index (χ1) is 9.33. The summed E-state index contributed by atoms with van der Waals surface area (Å²) in [7, 11) is 0. The second-order valence-corrected chi connectivity index (χ2v) is 4.38. The number of pyridine rings is 1. The molecule has 21 heavy (non-hydrogen) atoms. The van der Waals surface area contributed by atoms with Crippen molar-refractivity contribution in [1.82, 2.24) is 4.98 Å². The van der Waals surface area contributed by atoms with E-state index < -0.39 is 0 Å². The molecule has 0 amide bonds. The molecule has 2 rings (SSSR count). The Morgan fingerprint density at radius 3 is 1.81 bits per heavy atom. The number of aromatic nitrogens is 1. The quantitative estimate of drug-likeness (QED) is 0.509. The number of halogens is 1. The molecule has 0 unspecified atom stereocenters. The van der Waals surface area contributed by atoms with Gasteiger partial charge < -0.3 is 28.9 Å². The predicted octanol–water partition coefficient (Wildman–Crippen LogP) is 1.10. The number of hydrogen-bond acceptors (Lipinski definition) is 2. The molecule has 0 N–H and O–H groups in total. The van der Waals surface area contributed by atoms with Crippen molar-refractivity contribution in [2.24, 2.45) is 0 Å². The molecule has 0 aliphatic heterocycles. The Labute approximate surface area is 155 Å². The molecule has 4 heteroatoms. The smallest absolute Gasteiger partial charge is 1.00 e. The number of anilines is 1. The van der Waals surface area contributed by atoms with E-state index in [-0.39, 0.29) is 41.0 Å². The van der Waals surface area contributed by atoms with Crippen LogP contribution in [0.1, 0.15) is 25.0 Å². The van der Waals surface area contributed by atoms with Gasteiger partial charge in [-0.1, -0.05) is 24.3 Å². The zero-order chi connectivity index (χ0) is 13.5. The first-order valence-corrected chi connectivity index (χ1v) is 6.76. The number of rotatable bonds is 5.